The fourth-order valence-corrected chi connectivity index (χ4v) is 3.82. The average Bonchev–Trinajstić information content (AvgIpc) is 3.17. The van der Waals surface area contributed by atoms with E-state index in [1.807, 2.05) is 12.1 Å². The highest BCUT2D eigenvalue weighted by atomic mass is 32.2. The van der Waals surface area contributed by atoms with Gasteiger partial charge in [-0.3, -0.25) is 14.8 Å². The summed E-state index contributed by atoms with van der Waals surface area (Å²) in [5.74, 6) is -0.493. The summed E-state index contributed by atoms with van der Waals surface area (Å²) < 4.78 is 23.6. The molecule has 164 valence electrons. The number of nitrogens with one attached hydrogen (secondary N) is 1. The Morgan fingerprint density at radius 2 is 1.87 bits per heavy atom. The summed E-state index contributed by atoms with van der Waals surface area (Å²) in [5, 5.41) is 20.8. The zero-order valence-electron chi connectivity index (χ0n) is 17.2. The number of carbonyl (C=O) groups excluding carboxylic acids is 1. The maximum absolute atomic E-state index is 12.5. The second kappa shape index (κ2) is 8.40. The minimum Gasteiger partial charge on any atom is -0.315 e. The molecule has 2 heterocycles. The molecule has 1 atom stereocenters. The number of pyridine rings is 1. The molecule has 0 saturated heterocycles. The van der Waals surface area contributed by atoms with Gasteiger partial charge in [-0.25, -0.2) is 13.9 Å². The molecule has 0 spiro atoms. The molecule has 2 N–H and O–H groups in total. The van der Waals surface area contributed by atoms with E-state index in [2.05, 4.69) is 15.4 Å². The van der Waals surface area contributed by atoms with Crippen molar-refractivity contribution in [2.45, 2.75) is 31.6 Å². The molecule has 0 radical (unpaired) electrons. The molecule has 3 aromatic rings. The van der Waals surface area contributed by atoms with Gasteiger partial charge in [0.15, 0.2) is 20.4 Å². The topological polar surface area (TPSA) is 149 Å². The van der Waals surface area contributed by atoms with Crippen molar-refractivity contribution in [3.63, 3.8) is 0 Å². The summed E-state index contributed by atoms with van der Waals surface area (Å²) in [6.45, 7) is 2.92. The van der Waals surface area contributed by atoms with Gasteiger partial charge in [0.1, 0.15) is 0 Å². The lowest BCUT2D eigenvalue weighted by atomic mass is 10.1. The Balaban J connectivity index is 1.80. The van der Waals surface area contributed by atoms with Crippen molar-refractivity contribution in [1.82, 2.24) is 30.3 Å². The van der Waals surface area contributed by atoms with E-state index in [4.69, 9.17) is 5.21 Å². The van der Waals surface area contributed by atoms with Crippen molar-refractivity contribution in [1.29, 1.82) is 0 Å². The normalized spacial score (nSPS) is 13.5. The number of aromatic nitrogens is 5. The molecule has 0 aliphatic carbocycles. The van der Waals surface area contributed by atoms with Gasteiger partial charge in [-0.2, -0.15) is 0 Å². The van der Waals surface area contributed by atoms with E-state index in [9.17, 15) is 18.0 Å². The standard InChI is InChI=1S/C19H22N6O5S/c1-13-20-23-25(21-13)16-6-4-14(5-7-16)15-8-10-24(17(26)12-15)11-9-19(2,18(27)22-28)31(3,29)30/h4-8,10,12,28H,9,11H2,1-3H3,(H,22,27). The number of hydrogen-bond donors (Lipinski definition) is 2. The van der Waals surface area contributed by atoms with Crippen LogP contribution in [0.15, 0.2) is 47.4 Å². The summed E-state index contributed by atoms with van der Waals surface area (Å²) in [4.78, 5) is 25.9. The van der Waals surface area contributed by atoms with Crippen LogP contribution in [0.2, 0.25) is 0 Å². The second-order valence-corrected chi connectivity index (χ2v) is 9.76. The Kier molecular flexibility index (Phi) is 6.04. The van der Waals surface area contributed by atoms with Crippen LogP contribution in [0.4, 0.5) is 0 Å². The van der Waals surface area contributed by atoms with Gasteiger partial charge >= 0.3 is 0 Å². The molecule has 1 amide bonds. The number of carbonyl (C=O) groups is 1. The van der Waals surface area contributed by atoms with Crippen molar-refractivity contribution in [3.05, 3.63) is 58.8 Å². The number of hydrogen-bond acceptors (Lipinski definition) is 8. The highest BCUT2D eigenvalue weighted by Gasteiger charge is 2.43. The van der Waals surface area contributed by atoms with Crippen molar-refractivity contribution >= 4 is 15.7 Å². The number of tetrazole rings is 1. The van der Waals surface area contributed by atoms with Crippen LogP contribution < -0.4 is 11.0 Å². The van der Waals surface area contributed by atoms with Gasteiger partial charge in [-0.1, -0.05) is 12.1 Å². The van der Waals surface area contributed by atoms with E-state index >= 15 is 0 Å². The number of rotatable bonds is 7. The van der Waals surface area contributed by atoms with E-state index < -0.39 is 20.5 Å². The zero-order valence-corrected chi connectivity index (χ0v) is 18.0. The first-order valence-corrected chi connectivity index (χ1v) is 11.2. The van der Waals surface area contributed by atoms with Crippen LogP contribution >= 0.6 is 0 Å². The predicted molar refractivity (Wildman–Crippen MR) is 111 cm³/mol. The first kappa shape index (κ1) is 22.3. The van der Waals surface area contributed by atoms with Crippen molar-refractivity contribution in [2.75, 3.05) is 6.26 Å². The monoisotopic (exact) mass is 446 g/mol. The van der Waals surface area contributed by atoms with Gasteiger partial charge < -0.3 is 4.57 Å². The van der Waals surface area contributed by atoms with Gasteiger partial charge in [0, 0.05) is 25.1 Å². The summed E-state index contributed by atoms with van der Waals surface area (Å²) >= 11 is 0. The number of nitrogens with zero attached hydrogens (tertiary/aromatic N) is 5. The highest BCUT2D eigenvalue weighted by molar-refractivity contribution is 7.92. The molecular formula is C19H22N6O5S. The van der Waals surface area contributed by atoms with E-state index in [0.717, 1.165) is 17.5 Å². The molecule has 11 nitrogen and oxygen atoms in total. The summed E-state index contributed by atoms with van der Waals surface area (Å²) in [5.41, 5.74) is 3.23. The molecule has 12 heteroatoms. The van der Waals surface area contributed by atoms with E-state index in [0.29, 0.717) is 11.4 Å². The Labute approximate surface area is 178 Å². The number of aryl methyl sites for hydroxylation is 2. The molecule has 1 unspecified atom stereocenters. The van der Waals surface area contributed by atoms with Crippen LogP contribution in [0.25, 0.3) is 16.8 Å². The molecule has 31 heavy (non-hydrogen) atoms. The van der Waals surface area contributed by atoms with Gasteiger partial charge in [0.25, 0.3) is 11.5 Å². The predicted octanol–water partition coefficient (Wildman–Crippen LogP) is 0.498. The SMILES string of the molecule is Cc1nnn(-c2ccc(-c3ccn(CCC(C)(C(=O)NO)S(C)(=O)=O)c(=O)c3)cc2)n1. The van der Waals surface area contributed by atoms with Crippen LogP contribution in [0.5, 0.6) is 0 Å². The number of hydroxylamine groups is 1. The lowest BCUT2D eigenvalue weighted by Gasteiger charge is -2.25. The fourth-order valence-electron chi connectivity index (χ4n) is 2.97. The van der Waals surface area contributed by atoms with Gasteiger partial charge in [0.2, 0.25) is 0 Å². The number of amides is 1. The lowest BCUT2D eigenvalue weighted by molar-refractivity contribution is -0.131. The van der Waals surface area contributed by atoms with Crippen LogP contribution in [-0.2, 0) is 21.2 Å². The van der Waals surface area contributed by atoms with Gasteiger partial charge in [-0.05, 0) is 54.8 Å². The second-order valence-electron chi connectivity index (χ2n) is 7.31. The van der Waals surface area contributed by atoms with Crippen LogP contribution in [-0.4, -0.2) is 55.3 Å². The average molecular weight is 446 g/mol. The number of benzene rings is 1. The summed E-state index contributed by atoms with van der Waals surface area (Å²) in [7, 11) is -3.84. The third-order valence-corrected chi connectivity index (χ3v) is 7.20. The first-order valence-electron chi connectivity index (χ1n) is 9.27. The minimum atomic E-state index is -3.84. The number of sulfone groups is 1. The smallest absolute Gasteiger partial charge is 0.264 e. The Morgan fingerprint density at radius 3 is 2.39 bits per heavy atom. The highest BCUT2D eigenvalue weighted by Crippen LogP contribution is 2.23. The maximum atomic E-state index is 12.5. The molecule has 0 fully saturated rings. The fraction of sp³-hybridized carbons (Fsp3) is 0.316. The Hall–Kier alpha value is -3.38. The third-order valence-electron chi connectivity index (χ3n) is 5.17. The quantitative estimate of drug-likeness (QED) is 0.394. The molecule has 0 saturated carbocycles. The van der Waals surface area contributed by atoms with Crippen LogP contribution in [0, 0.1) is 6.92 Å². The van der Waals surface area contributed by atoms with Crippen molar-refractivity contribution in [2.24, 2.45) is 0 Å². The molecule has 2 aromatic heterocycles. The lowest BCUT2D eigenvalue weighted by Crippen LogP contribution is -2.49. The van der Waals surface area contributed by atoms with Crippen LogP contribution in [0.1, 0.15) is 19.2 Å². The summed E-state index contributed by atoms with van der Waals surface area (Å²) in [6.07, 6.45) is 2.26. The van der Waals surface area contributed by atoms with Crippen molar-refractivity contribution in [3.8, 4) is 16.8 Å². The molecule has 0 aliphatic heterocycles. The van der Waals surface area contributed by atoms with E-state index in [1.165, 1.54) is 34.0 Å². The largest absolute Gasteiger partial charge is 0.315 e. The Bertz CT molecular complexity index is 1270. The molecule has 0 bridgehead atoms. The van der Waals surface area contributed by atoms with Gasteiger partial charge in [-0.15, -0.1) is 15.0 Å². The summed E-state index contributed by atoms with van der Waals surface area (Å²) in [6, 6.07) is 10.4. The van der Waals surface area contributed by atoms with E-state index in [1.54, 1.807) is 25.1 Å². The van der Waals surface area contributed by atoms with Gasteiger partial charge in [0.05, 0.1) is 5.69 Å². The van der Waals surface area contributed by atoms with E-state index in [-0.39, 0.29) is 18.5 Å². The maximum Gasteiger partial charge on any atom is 0.264 e. The third kappa shape index (κ3) is 4.54. The molecule has 1 aromatic carbocycles. The molecule has 3 rings (SSSR count). The first-order chi connectivity index (χ1) is 14.5. The zero-order chi connectivity index (χ0) is 22.8. The molecule has 0 aliphatic rings. The molecular weight excluding hydrogens is 424 g/mol. The van der Waals surface area contributed by atoms with Crippen molar-refractivity contribution < 1.29 is 18.4 Å². The minimum absolute atomic E-state index is 0.0215. The van der Waals surface area contributed by atoms with Crippen LogP contribution in [0.3, 0.4) is 0 Å². The Morgan fingerprint density at radius 1 is 1.19 bits per heavy atom.